The molecule has 3 nitrogen and oxygen atoms in total. The Morgan fingerprint density at radius 2 is 1.90 bits per heavy atom. The summed E-state index contributed by atoms with van der Waals surface area (Å²) in [4.78, 5) is 0. The van der Waals surface area contributed by atoms with Crippen molar-refractivity contribution in [2.75, 3.05) is 23.9 Å². The van der Waals surface area contributed by atoms with Gasteiger partial charge in [0.25, 0.3) is 0 Å². The van der Waals surface area contributed by atoms with E-state index in [1.807, 2.05) is 43.8 Å². The lowest BCUT2D eigenvalue weighted by atomic mass is 10.0. The average Bonchev–Trinajstić information content (AvgIpc) is 2.39. The highest BCUT2D eigenvalue weighted by atomic mass is 32.2. The molecule has 0 bridgehead atoms. The molecule has 0 aliphatic heterocycles. The maximum absolute atomic E-state index is 5.95. The molecule has 1 aromatic carbocycles. The molecule has 0 heterocycles. The smallest absolute Gasteiger partial charge is 0.123 e. The Balaban J connectivity index is 2.79. The Bertz CT molecular complexity index is 409. The van der Waals surface area contributed by atoms with Gasteiger partial charge in [-0.2, -0.15) is 11.8 Å². The maximum atomic E-state index is 5.95. The van der Waals surface area contributed by atoms with Gasteiger partial charge in [-0.3, -0.25) is 0 Å². The normalized spacial score (nSPS) is 11.7. The first-order chi connectivity index (χ1) is 9.44. The molecule has 1 aromatic rings. The van der Waals surface area contributed by atoms with Gasteiger partial charge in [0.15, 0.2) is 0 Å². The van der Waals surface area contributed by atoms with Crippen LogP contribution in [0.5, 0.6) is 5.75 Å². The highest BCUT2D eigenvalue weighted by Gasteiger charge is 2.24. The molecule has 0 aromatic heterocycles. The van der Waals surface area contributed by atoms with Crippen molar-refractivity contribution in [2.45, 2.75) is 51.4 Å². The molecule has 0 fully saturated rings. The van der Waals surface area contributed by atoms with Gasteiger partial charge in [-0.25, -0.2) is 0 Å². The second kappa shape index (κ2) is 7.67. The number of anilines is 2. The summed E-state index contributed by atoms with van der Waals surface area (Å²) in [6.45, 7) is 9.46. The lowest BCUT2D eigenvalue weighted by molar-refractivity contribution is 0.242. The van der Waals surface area contributed by atoms with Gasteiger partial charge in [-0.1, -0.05) is 13.8 Å². The number of rotatable bonds is 8. The molecule has 114 valence electrons. The fourth-order valence-electron chi connectivity index (χ4n) is 2.19. The van der Waals surface area contributed by atoms with Crippen LogP contribution < -0.4 is 15.8 Å². The molecule has 0 unspecified atom stereocenters. The minimum Gasteiger partial charge on any atom is -0.491 e. The highest BCUT2D eigenvalue weighted by Crippen LogP contribution is 2.31. The zero-order chi connectivity index (χ0) is 15.2. The molecule has 20 heavy (non-hydrogen) atoms. The van der Waals surface area contributed by atoms with Crippen LogP contribution in [0.1, 0.15) is 40.5 Å². The molecule has 0 amide bonds. The van der Waals surface area contributed by atoms with Gasteiger partial charge in [-0.15, -0.1) is 0 Å². The largest absolute Gasteiger partial charge is 0.491 e. The van der Waals surface area contributed by atoms with Gasteiger partial charge in [0.05, 0.1) is 6.10 Å². The summed E-state index contributed by atoms with van der Waals surface area (Å²) in [6, 6.07) is 5.85. The molecule has 0 saturated carbocycles. The van der Waals surface area contributed by atoms with Crippen LogP contribution in [0.4, 0.5) is 11.4 Å². The van der Waals surface area contributed by atoms with Crippen LogP contribution in [0.15, 0.2) is 18.2 Å². The van der Waals surface area contributed by atoms with Crippen molar-refractivity contribution < 1.29 is 4.74 Å². The van der Waals surface area contributed by atoms with E-state index in [1.165, 1.54) is 0 Å². The van der Waals surface area contributed by atoms with Crippen molar-refractivity contribution in [1.82, 2.24) is 0 Å². The van der Waals surface area contributed by atoms with E-state index in [1.54, 1.807) is 0 Å². The number of ether oxygens (including phenoxy) is 1. The summed E-state index contributed by atoms with van der Waals surface area (Å²) in [5.74, 6) is 0.824. The van der Waals surface area contributed by atoms with E-state index >= 15 is 0 Å². The molecule has 4 heteroatoms. The Kier molecular flexibility index (Phi) is 6.53. The van der Waals surface area contributed by atoms with E-state index in [2.05, 4.69) is 25.4 Å². The van der Waals surface area contributed by atoms with E-state index in [0.717, 1.165) is 36.5 Å². The van der Waals surface area contributed by atoms with Gasteiger partial charge in [0.1, 0.15) is 5.75 Å². The van der Waals surface area contributed by atoms with Crippen molar-refractivity contribution in [3.63, 3.8) is 0 Å². The number of benzene rings is 1. The number of nitrogen functional groups attached to an aromatic ring is 1. The fraction of sp³-hybridized carbons (Fsp3) is 0.625. The van der Waals surface area contributed by atoms with E-state index in [4.69, 9.17) is 10.5 Å². The molecule has 0 atom stereocenters. The summed E-state index contributed by atoms with van der Waals surface area (Å²) in [5, 5.41) is 3.51. The molecular weight excluding hydrogens is 268 g/mol. The minimum absolute atomic E-state index is 0.154. The first kappa shape index (κ1) is 17.0. The minimum atomic E-state index is 0.154. The zero-order valence-corrected chi connectivity index (χ0v) is 14.1. The molecule has 0 spiro atoms. The molecule has 0 aliphatic rings. The third kappa shape index (κ3) is 4.82. The molecule has 0 radical (unpaired) electrons. The van der Waals surface area contributed by atoms with Crippen LogP contribution in [-0.2, 0) is 0 Å². The quantitative estimate of drug-likeness (QED) is 0.698. The topological polar surface area (TPSA) is 47.3 Å². The summed E-state index contributed by atoms with van der Waals surface area (Å²) in [7, 11) is 0. The van der Waals surface area contributed by atoms with E-state index in [0.29, 0.717) is 0 Å². The Hall–Kier alpha value is -1.03. The number of hydrogen-bond acceptors (Lipinski definition) is 4. The predicted molar refractivity (Wildman–Crippen MR) is 91.9 cm³/mol. The van der Waals surface area contributed by atoms with Gasteiger partial charge < -0.3 is 15.8 Å². The Morgan fingerprint density at radius 3 is 2.40 bits per heavy atom. The Morgan fingerprint density at radius 1 is 1.25 bits per heavy atom. The monoisotopic (exact) mass is 296 g/mol. The van der Waals surface area contributed by atoms with Crippen molar-refractivity contribution in [2.24, 2.45) is 0 Å². The van der Waals surface area contributed by atoms with Crippen LogP contribution in [0.25, 0.3) is 0 Å². The van der Waals surface area contributed by atoms with E-state index in [-0.39, 0.29) is 10.9 Å². The van der Waals surface area contributed by atoms with Crippen LogP contribution in [0.3, 0.4) is 0 Å². The van der Waals surface area contributed by atoms with Gasteiger partial charge in [0.2, 0.25) is 0 Å². The van der Waals surface area contributed by atoms with Gasteiger partial charge in [0, 0.05) is 34.8 Å². The number of thioether (sulfide) groups is 1. The predicted octanol–water partition coefficient (Wildman–Crippen LogP) is 4.39. The maximum Gasteiger partial charge on any atom is 0.123 e. The van der Waals surface area contributed by atoms with E-state index < -0.39 is 0 Å². The van der Waals surface area contributed by atoms with Crippen LogP contribution in [0, 0.1) is 0 Å². The summed E-state index contributed by atoms with van der Waals surface area (Å²) in [5.41, 5.74) is 7.71. The number of hydrogen-bond donors (Lipinski definition) is 2. The Labute approximate surface area is 127 Å². The first-order valence-corrected chi connectivity index (χ1v) is 8.53. The lowest BCUT2D eigenvalue weighted by Gasteiger charge is -2.30. The summed E-state index contributed by atoms with van der Waals surface area (Å²) < 4.78 is 6.00. The van der Waals surface area contributed by atoms with Crippen LogP contribution >= 0.6 is 11.8 Å². The van der Waals surface area contributed by atoms with Gasteiger partial charge in [-0.05, 0) is 39.0 Å². The van der Waals surface area contributed by atoms with Crippen molar-refractivity contribution >= 4 is 23.1 Å². The molecule has 1 rings (SSSR count). The number of nitrogens with two attached hydrogens (primary N) is 1. The van der Waals surface area contributed by atoms with Crippen LogP contribution in [0.2, 0.25) is 0 Å². The van der Waals surface area contributed by atoms with Crippen molar-refractivity contribution in [1.29, 1.82) is 0 Å². The third-order valence-electron chi connectivity index (χ3n) is 3.64. The average molecular weight is 296 g/mol. The fourth-order valence-corrected chi connectivity index (χ4v) is 2.98. The van der Waals surface area contributed by atoms with Crippen molar-refractivity contribution in [3.8, 4) is 5.75 Å². The zero-order valence-electron chi connectivity index (χ0n) is 13.3. The SMILES string of the molecule is CCC(CC)(CNc1cc(N)cc(OC(C)C)c1)SC. The molecule has 0 saturated heterocycles. The first-order valence-electron chi connectivity index (χ1n) is 7.31. The second-order valence-electron chi connectivity index (χ2n) is 5.41. The molecule has 0 aliphatic carbocycles. The molecule has 3 N–H and O–H groups in total. The summed E-state index contributed by atoms with van der Waals surface area (Å²) in [6.07, 6.45) is 4.63. The van der Waals surface area contributed by atoms with Gasteiger partial charge >= 0.3 is 0 Å². The summed E-state index contributed by atoms with van der Waals surface area (Å²) >= 11 is 1.93. The molecular formula is C16H28N2OS. The lowest BCUT2D eigenvalue weighted by Crippen LogP contribution is -2.32. The highest BCUT2D eigenvalue weighted by molar-refractivity contribution is 8.00. The van der Waals surface area contributed by atoms with E-state index in [9.17, 15) is 0 Å². The third-order valence-corrected chi connectivity index (χ3v) is 5.22. The second-order valence-corrected chi connectivity index (χ2v) is 6.68. The standard InChI is InChI=1S/C16H28N2OS/c1-6-16(7-2,20-5)11-18-14-8-13(17)9-15(10-14)19-12(3)4/h8-10,12,18H,6-7,11,17H2,1-5H3. The van der Waals surface area contributed by atoms with Crippen LogP contribution in [-0.4, -0.2) is 23.7 Å². The number of nitrogens with one attached hydrogen (secondary N) is 1. The van der Waals surface area contributed by atoms with Crippen molar-refractivity contribution in [3.05, 3.63) is 18.2 Å².